The van der Waals surface area contributed by atoms with E-state index in [2.05, 4.69) is 12.2 Å². The fraction of sp³-hybridized carbons (Fsp3) is 0.533. The molecule has 112 valence electrons. The summed E-state index contributed by atoms with van der Waals surface area (Å²) in [7, 11) is 0. The van der Waals surface area contributed by atoms with Gasteiger partial charge in [-0.2, -0.15) is 0 Å². The number of nitrogens with one attached hydrogen (secondary N) is 1. The molecule has 0 heterocycles. The zero-order valence-corrected chi connectivity index (χ0v) is 12.3. The number of carbonyl (C=O) groups is 1. The van der Waals surface area contributed by atoms with Crippen molar-refractivity contribution in [3.63, 3.8) is 0 Å². The lowest BCUT2D eigenvalue weighted by Gasteiger charge is -2.12. The Hall–Kier alpha value is -1.75. The third-order valence-electron chi connectivity index (χ3n) is 2.74. The van der Waals surface area contributed by atoms with Gasteiger partial charge in [-0.1, -0.05) is 20.3 Å². The molecule has 5 heteroatoms. The van der Waals surface area contributed by atoms with E-state index in [9.17, 15) is 4.79 Å². The van der Waals surface area contributed by atoms with Crippen LogP contribution in [0.2, 0.25) is 0 Å². The van der Waals surface area contributed by atoms with Crippen molar-refractivity contribution >= 4 is 11.7 Å². The van der Waals surface area contributed by atoms with Gasteiger partial charge >= 0.3 is 5.97 Å². The molecular weight excluding hydrogens is 256 g/mol. The number of anilines is 1. The summed E-state index contributed by atoms with van der Waals surface area (Å²) in [6.45, 7) is 6.48. The van der Waals surface area contributed by atoms with Gasteiger partial charge in [0.15, 0.2) is 0 Å². The van der Waals surface area contributed by atoms with E-state index >= 15 is 0 Å². The summed E-state index contributed by atoms with van der Waals surface area (Å²) in [4.78, 5) is 12.0. The molecule has 5 nitrogen and oxygen atoms in total. The van der Waals surface area contributed by atoms with Crippen molar-refractivity contribution in [1.82, 2.24) is 5.32 Å². The minimum absolute atomic E-state index is 0.339. The number of benzene rings is 1. The van der Waals surface area contributed by atoms with E-state index in [1.807, 2.05) is 6.92 Å². The molecule has 0 unspecified atom stereocenters. The number of hydrogen-bond donors (Lipinski definition) is 2. The maximum atomic E-state index is 12.0. The lowest BCUT2D eigenvalue weighted by molar-refractivity contribution is 0.0504. The number of likely N-dealkylation sites (N-methyl/N-ethyl adjacent to an activating group) is 1. The van der Waals surface area contributed by atoms with E-state index in [-0.39, 0.29) is 5.97 Å². The van der Waals surface area contributed by atoms with Gasteiger partial charge in [-0.25, -0.2) is 4.79 Å². The number of hydrogen-bond acceptors (Lipinski definition) is 5. The highest BCUT2D eigenvalue weighted by molar-refractivity contribution is 5.93. The molecule has 0 saturated carbocycles. The van der Waals surface area contributed by atoms with Gasteiger partial charge in [-0.05, 0) is 25.1 Å². The summed E-state index contributed by atoms with van der Waals surface area (Å²) < 4.78 is 10.8. The first-order valence-electron chi connectivity index (χ1n) is 7.09. The highest BCUT2D eigenvalue weighted by atomic mass is 16.5. The van der Waals surface area contributed by atoms with Crippen LogP contribution in [0.5, 0.6) is 5.75 Å². The topological polar surface area (TPSA) is 73.6 Å². The third-order valence-corrected chi connectivity index (χ3v) is 2.74. The monoisotopic (exact) mass is 280 g/mol. The molecule has 0 aliphatic heterocycles. The Morgan fingerprint density at radius 3 is 2.80 bits per heavy atom. The van der Waals surface area contributed by atoms with E-state index in [1.165, 1.54) is 0 Å². The van der Waals surface area contributed by atoms with Crippen LogP contribution >= 0.6 is 0 Å². The van der Waals surface area contributed by atoms with Crippen LogP contribution in [0.1, 0.15) is 37.0 Å². The Morgan fingerprint density at radius 2 is 2.10 bits per heavy atom. The van der Waals surface area contributed by atoms with Gasteiger partial charge in [0.1, 0.15) is 17.9 Å². The van der Waals surface area contributed by atoms with Crippen molar-refractivity contribution in [2.24, 2.45) is 0 Å². The summed E-state index contributed by atoms with van der Waals surface area (Å²) in [5.41, 5.74) is 6.72. The average Bonchev–Trinajstić information content (AvgIpc) is 2.44. The van der Waals surface area contributed by atoms with Crippen molar-refractivity contribution in [2.45, 2.75) is 26.7 Å². The van der Waals surface area contributed by atoms with E-state index in [1.54, 1.807) is 18.2 Å². The maximum absolute atomic E-state index is 12.0. The first kappa shape index (κ1) is 16.3. The molecule has 1 aromatic rings. The SMILES string of the molecule is CCCCOc1cc(N)ccc1C(=O)OCCNCC. The summed E-state index contributed by atoms with van der Waals surface area (Å²) in [5, 5.41) is 3.09. The van der Waals surface area contributed by atoms with Crippen LogP contribution in [0, 0.1) is 0 Å². The molecule has 0 spiro atoms. The standard InChI is InChI=1S/C15H24N2O3/c1-3-5-9-19-14-11-12(16)6-7-13(14)15(18)20-10-8-17-4-2/h6-7,11,17H,3-5,8-10,16H2,1-2H3. The van der Waals surface area contributed by atoms with Crippen LogP contribution < -0.4 is 15.8 Å². The average molecular weight is 280 g/mol. The molecule has 0 bridgehead atoms. The summed E-state index contributed by atoms with van der Waals surface area (Å²) >= 11 is 0. The van der Waals surface area contributed by atoms with Gasteiger partial charge in [0.05, 0.1) is 6.61 Å². The maximum Gasteiger partial charge on any atom is 0.341 e. The van der Waals surface area contributed by atoms with Gasteiger partial charge in [-0.15, -0.1) is 0 Å². The number of ether oxygens (including phenoxy) is 2. The Balaban J connectivity index is 2.64. The fourth-order valence-corrected chi connectivity index (χ4v) is 1.62. The Bertz CT molecular complexity index is 422. The van der Waals surface area contributed by atoms with Crippen LogP contribution in [-0.2, 0) is 4.74 Å². The Kier molecular flexibility index (Phi) is 7.50. The minimum atomic E-state index is -0.380. The van der Waals surface area contributed by atoms with Crippen molar-refractivity contribution in [3.8, 4) is 5.75 Å². The third kappa shape index (κ3) is 5.48. The van der Waals surface area contributed by atoms with Crippen molar-refractivity contribution in [2.75, 3.05) is 32.0 Å². The number of rotatable bonds is 9. The number of esters is 1. The molecular formula is C15H24N2O3. The van der Waals surface area contributed by atoms with Crippen molar-refractivity contribution in [3.05, 3.63) is 23.8 Å². The second-order valence-electron chi connectivity index (χ2n) is 4.45. The highest BCUT2D eigenvalue weighted by Crippen LogP contribution is 2.23. The van der Waals surface area contributed by atoms with Gasteiger partial charge in [0.2, 0.25) is 0 Å². The van der Waals surface area contributed by atoms with Crippen LogP contribution in [0.3, 0.4) is 0 Å². The molecule has 0 atom stereocenters. The van der Waals surface area contributed by atoms with E-state index < -0.39 is 0 Å². The Labute approximate surface area is 120 Å². The predicted octanol–water partition coefficient (Wildman–Crippen LogP) is 2.21. The van der Waals surface area contributed by atoms with Gasteiger partial charge < -0.3 is 20.5 Å². The molecule has 0 aromatic heterocycles. The molecule has 0 amide bonds. The number of nitrogen functional groups attached to an aromatic ring is 1. The van der Waals surface area contributed by atoms with Gasteiger partial charge in [-0.3, -0.25) is 0 Å². The molecule has 1 aromatic carbocycles. The first-order valence-corrected chi connectivity index (χ1v) is 7.09. The molecule has 0 aliphatic rings. The van der Waals surface area contributed by atoms with Crippen LogP contribution in [0.4, 0.5) is 5.69 Å². The molecule has 0 fully saturated rings. The zero-order chi connectivity index (χ0) is 14.8. The van der Waals surface area contributed by atoms with Gasteiger partial charge in [0.25, 0.3) is 0 Å². The molecule has 0 radical (unpaired) electrons. The number of nitrogens with two attached hydrogens (primary N) is 1. The lowest BCUT2D eigenvalue weighted by atomic mass is 10.2. The lowest BCUT2D eigenvalue weighted by Crippen LogP contribution is -2.21. The van der Waals surface area contributed by atoms with E-state index in [4.69, 9.17) is 15.2 Å². The van der Waals surface area contributed by atoms with Crippen LogP contribution in [0.15, 0.2) is 18.2 Å². The zero-order valence-electron chi connectivity index (χ0n) is 12.3. The molecule has 3 N–H and O–H groups in total. The first-order chi connectivity index (χ1) is 9.69. The second kappa shape index (κ2) is 9.20. The van der Waals surface area contributed by atoms with Gasteiger partial charge in [0, 0.05) is 18.3 Å². The number of carbonyl (C=O) groups excluding carboxylic acids is 1. The highest BCUT2D eigenvalue weighted by Gasteiger charge is 2.14. The number of unbranched alkanes of at least 4 members (excludes halogenated alkanes) is 1. The molecule has 0 saturated heterocycles. The molecule has 0 aliphatic carbocycles. The predicted molar refractivity (Wildman–Crippen MR) is 80.1 cm³/mol. The van der Waals surface area contributed by atoms with Crippen molar-refractivity contribution in [1.29, 1.82) is 0 Å². The quantitative estimate of drug-likeness (QED) is 0.412. The second-order valence-corrected chi connectivity index (χ2v) is 4.45. The molecule has 1 rings (SSSR count). The summed E-state index contributed by atoms with van der Waals surface area (Å²) in [6.07, 6.45) is 1.97. The normalized spacial score (nSPS) is 10.3. The molecule has 20 heavy (non-hydrogen) atoms. The fourth-order valence-electron chi connectivity index (χ4n) is 1.62. The van der Waals surface area contributed by atoms with Crippen molar-refractivity contribution < 1.29 is 14.3 Å². The smallest absolute Gasteiger partial charge is 0.341 e. The largest absolute Gasteiger partial charge is 0.493 e. The summed E-state index contributed by atoms with van der Waals surface area (Å²) in [6, 6.07) is 4.98. The Morgan fingerprint density at radius 1 is 1.30 bits per heavy atom. The van der Waals surface area contributed by atoms with Crippen LogP contribution in [0.25, 0.3) is 0 Å². The van der Waals surface area contributed by atoms with E-state index in [0.717, 1.165) is 19.4 Å². The van der Waals surface area contributed by atoms with E-state index in [0.29, 0.717) is 36.8 Å². The minimum Gasteiger partial charge on any atom is -0.493 e. The summed E-state index contributed by atoms with van der Waals surface area (Å²) in [5.74, 6) is 0.112. The van der Waals surface area contributed by atoms with Crippen LogP contribution in [-0.4, -0.2) is 32.3 Å².